The molecule has 0 aromatic heterocycles. The molecule has 1 aliphatic carbocycles. The quantitative estimate of drug-likeness (QED) is 0.560. The molecule has 130 valence electrons. The molecule has 1 aromatic carbocycles. The molecule has 0 bridgehead atoms. The lowest BCUT2D eigenvalue weighted by Gasteiger charge is -2.15. The Morgan fingerprint density at radius 3 is 2.60 bits per heavy atom. The zero-order valence-electron chi connectivity index (χ0n) is 13.1. The minimum Gasteiger partial charge on any atom is -0.454 e. The van der Waals surface area contributed by atoms with Crippen LogP contribution in [0.4, 0.5) is 10.5 Å². The number of hydrogen-bond acceptors (Lipinski definition) is 6. The van der Waals surface area contributed by atoms with Crippen LogP contribution < -0.4 is 15.5 Å². The number of rotatable bonds is 5. The molecule has 3 rings (SSSR count). The largest absolute Gasteiger partial charge is 0.454 e. The van der Waals surface area contributed by atoms with Crippen molar-refractivity contribution < 1.29 is 28.7 Å². The molecule has 1 aromatic rings. The van der Waals surface area contributed by atoms with Crippen LogP contribution in [0.3, 0.4) is 0 Å². The van der Waals surface area contributed by atoms with E-state index in [0.717, 1.165) is 17.7 Å². The van der Waals surface area contributed by atoms with Gasteiger partial charge in [-0.15, -0.1) is 0 Å². The van der Waals surface area contributed by atoms with E-state index in [2.05, 4.69) is 5.32 Å². The molecular weight excluding hydrogens is 330 g/mol. The maximum Gasteiger partial charge on any atom is 0.326 e. The monoisotopic (exact) mass is 345 g/mol. The van der Waals surface area contributed by atoms with Gasteiger partial charge in [0.05, 0.1) is 11.3 Å². The molecule has 1 heterocycles. The average molecular weight is 345 g/mol. The van der Waals surface area contributed by atoms with Gasteiger partial charge in [0.2, 0.25) is 0 Å². The van der Waals surface area contributed by atoms with Gasteiger partial charge in [0, 0.05) is 6.04 Å². The predicted octanol–water partition coefficient (Wildman–Crippen LogP) is -0.253. The van der Waals surface area contributed by atoms with Crippen molar-refractivity contribution in [3.63, 3.8) is 0 Å². The SMILES string of the molecule is O=C(COC(=O)CN1C(=O)C(=O)c2ccccc21)NC(=O)NC1CC1. The molecule has 9 nitrogen and oxygen atoms in total. The van der Waals surface area contributed by atoms with E-state index in [1.807, 2.05) is 5.32 Å². The molecule has 0 radical (unpaired) electrons. The Morgan fingerprint density at radius 1 is 1.16 bits per heavy atom. The van der Waals surface area contributed by atoms with Crippen molar-refractivity contribution in [2.45, 2.75) is 18.9 Å². The number of esters is 1. The number of ketones is 1. The summed E-state index contributed by atoms with van der Waals surface area (Å²) in [6.07, 6.45) is 1.75. The Labute approximate surface area is 142 Å². The number of nitrogens with one attached hydrogen (secondary N) is 2. The zero-order chi connectivity index (χ0) is 18.0. The number of para-hydroxylation sites is 1. The van der Waals surface area contributed by atoms with Gasteiger partial charge in [-0.05, 0) is 25.0 Å². The fraction of sp³-hybridized carbons (Fsp3) is 0.312. The predicted molar refractivity (Wildman–Crippen MR) is 83.8 cm³/mol. The van der Waals surface area contributed by atoms with Crippen LogP contribution in [0.2, 0.25) is 0 Å². The number of imide groups is 1. The minimum absolute atomic E-state index is 0.0918. The number of hydrogen-bond donors (Lipinski definition) is 2. The first-order chi connectivity index (χ1) is 12.0. The van der Waals surface area contributed by atoms with Crippen molar-refractivity contribution in [3.8, 4) is 0 Å². The highest BCUT2D eigenvalue weighted by atomic mass is 16.5. The average Bonchev–Trinajstić information content (AvgIpc) is 3.36. The molecule has 1 saturated carbocycles. The molecule has 2 aliphatic rings. The summed E-state index contributed by atoms with van der Waals surface area (Å²) in [5.41, 5.74) is 0.539. The van der Waals surface area contributed by atoms with Crippen molar-refractivity contribution in [1.29, 1.82) is 0 Å². The second kappa shape index (κ2) is 6.71. The zero-order valence-corrected chi connectivity index (χ0v) is 13.1. The third-order valence-corrected chi connectivity index (χ3v) is 3.70. The highest BCUT2D eigenvalue weighted by Gasteiger charge is 2.36. The van der Waals surface area contributed by atoms with Gasteiger partial charge in [0.25, 0.3) is 17.6 Å². The molecule has 4 amide bonds. The van der Waals surface area contributed by atoms with E-state index in [9.17, 15) is 24.0 Å². The third-order valence-electron chi connectivity index (χ3n) is 3.70. The minimum atomic E-state index is -0.865. The van der Waals surface area contributed by atoms with Crippen LogP contribution in [0.1, 0.15) is 23.2 Å². The molecule has 0 spiro atoms. The second-order valence-electron chi connectivity index (χ2n) is 5.69. The number of carbonyl (C=O) groups is 5. The van der Waals surface area contributed by atoms with Crippen molar-refractivity contribution in [1.82, 2.24) is 10.6 Å². The van der Waals surface area contributed by atoms with Gasteiger partial charge in [-0.25, -0.2) is 4.79 Å². The van der Waals surface area contributed by atoms with Gasteiger partial charge in [0.15, 0.2) is 6.61 Å². The normalized spacial score (nSPS) is 15.6. The lowest BCUT2D eigenvalue weighted by molar-refractivity contribution is -0.147. The van der Waals surface area contributed by atoms with E-state index in [1.165, 1.54) is 6.07 Å². The fourth-order valence-corrected chi connectivity index (χ4v) is 2.34. The van der Waals surface area contributed by atoms with Crippen LogP contribution in [-0.2, 0) is 19.1 Å². The summed E-state index contributed by atoms with van der Waals surface area (Å²) in [6.45, 7) is -1.16. The van der Waals surface area contributed by atoms with E-state index in [1.54, 1.807) is 18.2 Å². The van der Waals surface area contributed by atoms with E-state index in [0.29, 0.717) is 5.69 Å². The van der Waals surface area contributed by atoms with Crippen molar-refractivity contribution in [2.75, 3.05) is 18.1 Å². The molecule has 0 atom stereocenters. The molecule has 25 heavy (non-hydrogen) atoms. The number of Topliss-reactive ketones (excluding diaryl/α,β-unsaturated/α-hetero) is 1. The molecule has 0 unspecified atom stereocenters. The van der Waals surface area contributed by atoms with Crippen LogP contribution in [0.15, 0.2) is 24.3 Å². The van der Waals surface area contributed by atoms with E-state index >= 15 is 0 Å². The van der Waals surface area contributed by atoms with E-state index < -0.39 is 42.7 Å². The molecule has 1 aliphatic heterocycles. The van der Waals surface area contributed by atoms with Gasteiger partial charge in [0.1, 0.15) is 6.54 Å². The highest BCUT2D eigenvalue weighted by Crippen LogP contribution is 2.28. The first kappa shape index (κ1) is 16.6. The summed E-state index contributed by atoms with van der Waals surface area (Å²) in [7, 11) is 0. The number of amides is 4. The van der Waals surface area contributed by atoms with Gasteiger partial charge in [-0.1, -0.05) is 12.1 Å². The number of anilines is 1. The Hall–Kier alpha value is -3.23. The van der Waals surface area contributed by atoms with E-state index in [-0.39, 0.29) is 11.6 Å². The number of fused-ring (bicyclic) bond motifs is 1. The third kappa shape index (κ3) is 3.82. The molecule has 2 N–H and O–H groups in total. The van der Waals surface area contributed by atoms with Crippen LogP contribution in [-0.4, -0.2) is 48.8 Å². The summed E-state index contributed by atoms with van der Waals surface area (Å²) < 4.78 is 4.75. The summed E-state index contributed by atoms with van der Waals surface area (Å²) in [6, 6.07) is 5.73. The second-order valence-corrected chi connectivity index (χ2v) is 5.69. The first-order valence-electron chi connectivity index (χ1n) is 7.67. The van der Waals surface area contributed by atoms with Gasteiger partial charge < -0.3 is 10.1 Å². The molecule has 1 fully saturated rings. The highest BCUT2D eigenvalue weighted by molar-refractivity contribution is 6.52. The van der Waals surface area contributed by atoms with Gasteiger partial charge in [-0.2, -0.15) is 0 Å². The van der Waals surface area contributed by atoms with Gasteiger partial charge in [-0.3, -0.25) is 29.4 Å². The maximum atomic E-state index is 11.9. The van der Waals surface area contributed by atoms with Crippen LogP contribution in [0.25, 0.3) is 0 Å². The molecule has 0 saturated heterocycles. The number of carbonyl (C=O) groups excluding carboxylic acids is 5. The smallest absolute Gasteiger partial charge is 0.326 e. The lowest BCUT2D eigenvalue weighted by atomic mass is 10.1. The van der Waals surface area contributed by atoms with Crippen LogP contribution >= 0.6 is 0 Å². The standard InChI is InChI=1S/C16H15N3O6/c20-12(18-16(24)17-9-5-6-9)8-25-13(21)7-19-11-4-2-1-3-10(11)14(22)15(19)23/h1-4,9H,5-8H2,(H2,17,18,20,24). The Morgan fingerprint density at radius 2 is 1.88 bits per heavy atom. The number of nitrogens with zero attached hydrogens (tertiary/aromatic N) is 1. The Kier molecular flexibility index (Phi) is 4.46. The Balaban J connectivity index is 1.49. The fourth-order valence-electron chi connectivity index (χ4n) is 2.34. The van der Waals surface area contributed by atoms with Crippen LogP contribution in [0, 0.1) is 0 Å². The summed E-state index contributed by atoms with van der Waals surface area (Å²) in [5.74, 6) is -3.17. The first-order valence-corrected chi connectivity index (χ1v) is 7.67. The van der Waals surface area contributed by atoms with Crippen molar-refractivity contribution in [3.05, 3.63) is 29.8 Å². The van der Waals surface area contributed by atoms with Crippen molar-refractivity contribution >= 4 is 35.3 Å². The molecule has 9 heteroatoms. The number of ether oxygens (including phenoxy) is 1. The van der Waals surface area contributed by atoms with E-state index in [4.69, 9.17) is 4.74 Å². The molecular formula is C16H15N3O6. The van der Waals surface area contributed by atoms with Gasteiger partial charge >= 0.3 is 12.0 Å². The maximum absolute atomic E-state index is 11.9. The number of benzene rings is 1. The summed E-state index contributed by atoms with van der Waals surface area (Å²) in [5, 5.41) is 4.58. The summed E-state index contributed by atoms with van der Waals surface area (Å²) >= 11 is 0. The topological polar surface area (TPSA) is 122 Å². The summed E-state index contributed by atoms with van der Waals surface area (Å²) in [4.78, 5) is 59.5. The van der Waals surface area contributed by atoms with Crippen molar-refractivity contribution in [2.24, 2.45) is 0 Å². The van der Waals surface area contributed by atoms with Crippen LogP contribution in [0.5, 0.6) is 0 Å². The lowest BCUT2D eigenvalue weighted by Crippen LogP contribution is -2.43. The Bertz CT molecular complexity index is 771. The number of urea groups is 1.